The molecular weight excluding hydrogens is 287 g/mol. The van der Waals surface area contributed by atoms with Crippen LogP contribution in [0.1, 0.15) is 0 Å². The predicted octanol–water partition coefficient (Wildman–Crippen LogP) is 1.52. The summed E-state index contributed by atoms with van der Waals surface area (Å²) in [6, 6.07) is 0. The van der Waals surface area contributed by atoms with E-state index in [1.165, 1.54) is 24.2 Å². The van der Waals surface area contributed by atoms with Crippen LogP contribution < -0.4 is 4.52 Å². The molecular formula is C7H11N2O3PS3. The van der Waals surface area contributed by atoms with E-state index in [9.17, 15) is 0 Å². The van der Waals surface area contributed by atoms with Crippen LogP contribution in [0.2, 0.25) is 0 Å². The lowest BCUT2D eigenvalue weighted by atomic mass is 10.6. The molecule has 0 atom stereocenters. The lowest BCUT2D eigenvalue weighted by molar-refractivity contribution is 0.369. The van der Waals surface area contributed by atoms with Crippen LogP contribution in [0.5, 0.6) is 5.75 Å². The highest BCUT2D eigenvalue weighted by Crippen LogP contribution is 2.37. The Morgan fingerprint density at radius 3 is 2.50 bits per heavy atom. The number of aromatic nitrogens is 2. The number of hydrogen-bond donors (Lipinski definition) is 2. The van der Waals surface area contributed by atoms with Crippen LogP contribution >= 0.6 is 30.2 Å². The van der Waals surface area contributed by atoms with Crippen LogP contribution in [0.25, 0.3) is 0 Å². The summed E-state index contributed by atoms with van der Waals surface area (Å²) in [6.45, 7) is -3.69. The van der Waals surface area contributed by atoms with Gasteiger partial charge in [0.15, 0.2) is 10.9 Å². The number of thioether (sulfide) groups is 2. The Labute approximate surface area is 107 Å². The highest BCUT2D eigenvalue weighted by molar-refractivity contribution is 8.06. The fraction of sp³-hybridized carbons (Fsp3) is 0.429. The highest BCUT2D eigenvalue weighted by Gasteiger charge is 2.10. The van der Waals surface area contributed by atoms with Gasteiger partial charge >= 0.3 is 6.72 Å². The van der Waals surface area contributed by atoms with E-state index < -0.39 is 6.72 Å². The van der Waals surface area contributed by atoms with Crippen molar-refractivity contribution in [2.75, 3.05) is 17.8 Å². The van der Waals surface area contributed by atoms with E-state index in [0.717, 1.165) is 11.5 Å². The molecule has 0 fully saturated rings. The first-order valence-corrected chi connectivity index (χ1v) is 9.21. The van der Waals surface area contributed by atoms with Gasteiger partial charge in [0.1, 0.15) is 0 Å². The van der Waals surface area contributed by atoms with E-state index >= 15 is 0 Å². The molecule has 0 bridgehead atoms. The van der Waals surface area contributed by atoms with Gasteiger partial charge in [0, 0.05) is 23.3 Å². The maximum Gasteiger partial charge on any atom is 0.375 e. The molecule has 16 heavy (non-hydrogen) atoms. The lowest BCUT2D eigenvalue weighted by Crippen LogP contribution is -1.94. The lowest BCUT2D eigenvalue weighted by Gasteiger charge is -2.08. The first-order chi connectivity index (χ1) is 7.51. The molecule has 0 aliphatic carbocycles. The minimum absolute atomic E-state index is 0.169. The van der Waals surface area contributed by atoms with Crippen LogP contribution in [0.4, 0.5) is 0 Å². The quantitative estimate of drug-likeness (QED) is 0.354. The molecule has 0 saturated heterocycles. The number of hydrogen-bond acceptors (Lipinski definition) is 6. The molecule has 0 aliphatic heterocycles. The monoisotopic (exact) mass is 298 g/mol. The van der Waals surface area contributed by atoms with E-state index in [1.54, 1.807) is 11.8 Å². The Kier molecular flexibility index (Phi) is 6.02. The van der Waals surface area contributed by atoms with Crippen LogP contribution in [-0.2, 0) is 11.8 Å². The van der Waals surface area contributed by atoms with Gasteiger partial charge in [0.25, 0.3) is 0 Å². The third-order valence-corrected chi connectivity index (χ3v) is 3.77. The maximum absolute atomic E-state index is 8.91. The number of rotatable bonds is 6. The van der Waals surface area contributed by atoms with Gasteiger partial charge in [-0.3, -0.25) is 0 Å². The van der Waals surface area contributed by atoms with Crippen molar-refractivity contribution >= 4 is 42.0 Å². The molecule has 0 aromatic carbocycles. The molecule has 90 valence electrons. The Balaban J connectivity index is 2.51. The van der Waals surface area contributed by atoms with E-state index in [4.69, 9.17) is 9.79 Å². The Morgan fingerprint density at radius 1 is 1.38 bits per heavy atom. The summed E-state index contributed by atoms with van der Waals surface area (Å²) >= 11 is 7.61. The van der Waals surface area contributed by atoms with Gasteiger partial charge < -0.3 is 14.3 Å². The highest BCUT2D eigenvalue weighted by atomic mass is 32.5. The SMILES string of the molecule is CSCCSc1ncc(OP(O)(O)=S)cn1. The third-order valence-electron chi connectivity index (χ3n) is 1.35. The summed E-state index contributed by atoms with van der Waals surface area (Å²) in [6.07, 6.45) is 4.79. The smallest absolute Gasteiger partial charge is 0.375 e. The Hall–Kier alpha value is 0.150. The fourth-order valence-corrected chi connectivity index (χ4v) is 2.84. The van der Waals surface area contributed by atoms with Crippen molar-refractivity contribution in [3.05, 3.63) is 12.4 Å². The second-order valence-electron chi connectivity index (χ2n) is 2.62. The van der Waals surface area contributed by atoms with Gasteiger partial charge in [0.05, 0.1) is 12.4 Å². The fourth-order valence-electron chi connectivity index (χ4n) is 0.780. The molecule has 0 saturated carbocycles. The molecule has 0 unspecified atom stereocenters. The standard InChI is InChI=1S/C7H11N2O3PS3/c1-15-2-3-16-7-8-4-6(5-9-7)12-13(10,11)14/h4-5H,2-3H2,1H3,(H2,10,11,14). The van der Waals surface area contributed by atoms with Gasteiger partial charge in [-0.2, -0.15) is 11.8 Å². The largest absolute Gasteiger partial charge is 0.421 e. The van der Waals surface area contributed by atoms with Crippen molar-refractivity contribution in [1.29, 1.82) is 0 Å². The maximum atomic E-state index is 8.91. The molecule has 9 heteroatoms. The zero-order valence-corrected chi connectivity index (χ0v) is 11.8. The summed E-state index contributed by atoms with van der Waals surface area (Å²) in [5.74, 6) is 2.13. The minimum Gasteiger partial charge on any atom is -0.421 e. The first-order valence-electron chi connectivity index (χ1n) is 4.20. The predicted molar refractivity (Wildman–Crippen MR) is 70.5 cm³/mol. The average molecular weight is 298 g/mol. The van der Waals surface area contributed by atoms with Gasteiger partial charge in [0.2, 0.25) is 0 Å². The topological polar surface area (TPSA) is 75.5 Å². The molecule has 0 aliphatic rings. The van der Waals surface area contributed by atoms with E-state index in [1.807, 2.05) is 6.26 Å². The second-order valence-corrected chi connectivity index (χ2v) is 7.26. The van der Waals surface area contributed by atoms with Gasteiger partial charge in [-0.05, 0) is 6.26 Å². The second kappa shape index (κ2) is 6.78. The molecule has 1 aromatic heterocycles. The molecule has 1 aromatic rings. The van der Waals surface area contributed by atoms with Gasteiger partial charge in [-0.25, -0.2) is 9.97 Å². The average Bonchev–Trinajstić information content (AvgIpc) is 2.19. The van der Waals surface area contributed by atoms with Gasteiger partial charge in [-0.1, -0.05) is 11.8 Å². The molecule has 0 spiro atoms. The van der Waals surface area contributed by atoms with Crippen molar-refractivity contribution in [2.45, 2.75) is 5.16 Å². The van der Waals surface area contributed by atoms with Crippen molar-refractivity contribution in [3.8, 4) is 5.75 Å². The molecule has 2 N–H and O–H groups in total. The van der Waals surface area contributed by atoms with E-state index in [2.05, 4.69) is 26.3 Å². The van der Waals surface area contributed by atoms with Crippen LogP contribution in [0.3, 0.4) is 0 Å². The van der Waals surface area contributed by atoms with Crippen molar-refractivity contribution in [2.24, 2.45) is 0 Å². The normalized spacial score (nSPS) is 11.4. The van der Waals surface area contributed by atoms with Gasteiger partial charge in [-0.15, -0.1) is 0 Å². The minimum atomic E-state index is -3.69. The van der Waals surface area contributed by atoms with Crippen molar-refractivity contribution < 1.29 is 14.3 Å². The summed E-state index contributed by atoms with van der Waals surface area (Å²) in [7, 11) is 0. The van der Waals surface area contributed by atoms with E-state index in [-0.39, 0.29) is 5.75 Å². The number of nitrogens with zero attached hydrogens (tertiary/aromatic N) is 2. The summed E-state index contributed by atoms with van der Waals surface area (Å²) in [4.78, 5) is 25.8. The molecule has 1 heterocycles. The molecule has 5 nitrogen and oxygen atoms in total. The molecule has 0 amide bonds. The molecule has 0 radical (unpaired) electrons. The van der Waals surface area contributed by atoms with Crippen molar-refractivity contribution in [3.63, 3.8) is 0 Å². The zero-order chi connectivity index (χ0) is 12.0. The van der Waals surface area contributed by atoms with Crippen LogP contribution in [0, 0.1) is 0 Å². The van der Waals surface area contributed by atoms with Crippen molar-refractivity contribution in [1.82, 2.24) is 9.97 Å². The Morgan fingerprint density at radius 2 is 2.00 bits per heavy atom. The van der Waals surface area contributed by atoms with Crippen LogP contribution in [-0.4, -0.2) is 37.5 Å². The third kappa shape index (κ3) is 6.03. The zero-order valence-electron chi connectivity index (χ0n) is 8.44. The van der Waals surface area contributed by atoms with Crippen LogP contribution in [0.15, 0.2) is 17.6 Å². The van der Waals surface area contributed by atoms with E-state index in [0.29, 0.717) is 5.16 Å². The summed E-state index contributed by atoms with van der Waals surface area (Å²) in [5.41, 5.74) is 0. The first kappa shape index (κ1) is 14.2. The Bertz CT molecular complexity index is 370. The summed E-state index contributed by atoms with van der Waals surface area (Å²) in [5, 5.41) is 0.630. The summed E-state index contributed by atoms with van der Waals surface area (Å²) < 4.78 is 4.68. The molecule has 1 rings (SSSR count).